The van der Waals surface area contributed by atoms with Crippen LogP contribution in [0.3, 0.4) is 0 Å². The number of carboxylic acid groups (broad SMARTS) is 1. The molecule has 2 N–H and O–H groups in total. The molecule has 1 atom stereocenters. The average Bonchev–Trinajstić information content (AvgIpc) is 3.04. The van der Waals surface area contributed by atoms with E-state index in [4.69, 9.17) is 5.11 Å². The number of anilines is 1. The van der Waals surface area contributed by atoms with E-state index in [1.54, 1.807) is 7.05 Å². The molecule has 1 aromatic rings. The number of hydrogen-bond acceptors (Lipinski definition) is 5. The number of likely N-dealkylation sites (N-methyl/N-ethyl adjacent to an activating group) is 1. The fourth-order valence-electron chi connectivity index (χ4n) is 3.97. The molecule has 1 amide bonds. The molecule has 1 spiro atoms. The van der Waals surface area contributed by atoms with Gasteiger partial charge in [0.25, 0.3) is 0 Å². The molecule has 0 bridgehead atoms. The molecule has 1 unspecified atom stereocenters. The summed E-state index contributed by atoms with van der Waals surface area (Å²) in [6.07, 6.45) is 6.79. The van der Waals surface area contributed by atoms with Gasteiger partial charge < -0.3 is 20.2 Å². The van der Waals surface area contributed by atoms with Crippen molar-refractivity contribution >= 4 is 17.6 Å². The van der Waals surface area contributed by atoms with Crippen molar-refractivity contribution in [3.63, 3.8) is 0 Å². The molecule has 3 heterocycles. The van der Waals surface area contributed by atoms with Crippen LogP contribution in [0.1, 0.15) is 25.7 Å². The van der Waals surface area contributed by atoms with Gasteiger partial charge in [0.15, 0.2) is 0 Å². The number of aromatic nitrogens is 1. The number of hydrogen-bond donors (Lipinski definition) is 2. The van der Waals surface area contributed by atoms with E-state index < -0.39 is 12.0 Å². The number of pyridine rings is 1. The van der Waals surface area contributed by atoms with Gasteiger partial charge in [-0.05, 0) is 43.9 Å². The smallest absolute Gasteiger partial charge is 0.321 e. The highest BCUT2D eigenvalue weighted by Gasteiger charge is 2.42. The molecule has 0 aromatic carbocycles. The first-order valence-corrected chi connectivity index (χ1v) is 8.86. The Kier molecular flexibility index (Phi) is 5.22. The van der Waals surface area contributed by atoms with Crippen molar-refractivity contribution in [3.05, 3.63) is 24.5 Å². The Morgan fingerprint density at radius 1 is 1.24 bits per heavy atom. The van der Waals surface area contributed by atoms with Crippen LogP contribution in [-0.4, -0.2) is 66.1 Å². The molecule has 0 aliphatic carbocycles. The Bertz CT molecular complexity index is 614. The summed E-state index contributed by atoms with van der Waals surface area (Å²) in [7, 11) is 1.58. The lowest BCUT2D eigenvalue weighted by molar-refractivity contribution is -0.143. The summed E-state index contributed by atoms with van der Waals surface area (Å²) < 4.78 is 0. The topological polar surface area (TPSA) is 85.8 Å². The van der Waals surface area contributed by atoms with Gasteiger partial charge in [-0.15, -0.1) is 0 Å². The first-order chi connectivity index (χ1) is 12.0. The highest BCUT2D eigenvalue weighted by molar-refractivity contribution is 5.84. The van der Waals surface area contributed by atoms with Crippen molar-refractivity contribution in [1.82, 2.24) is 15.2 Å². The lowest BCUT2D eigenvalue weighted by atomic mass is 9.77. The quantitative estimate of drug-likeness (QED) is 0.826. The van der Waals surface area contributed by atoms with Gasteiger partial charge in [-0.1, -0.05) is 0 Å². The van der Waals surface area contributed by atoms with Crippen LogP contribution in [0.15, 0.2) is 24.5 Å². The zero-order chi connectivity index (χ0) is 17.9. The SMILES string of the molecule is CNC(CC(=O)N1CCC2(CCN(c3ccncc3)CC2)C1)C(=O)O. The molecule has 7 nitrogen and oxygen atoms in total. The van der Waals surface area contributed by atoms with E-state index in [0.717, 1.165) is 45.4 Å². The third-order valence-electron chi connectivity index (χ3n) is 5.67. The number of carbonyl (C=O) groups is 2. The normalized spacial score (nSPS) is 20.7. The number of likely N-dealkylation sites (tertiary alicyclic amines) is 1. The Balaban J connectivity index is 1.54. The van der Waals surface area contributed by atoms with Crippen LogP contribution in [0.5, 0.6) is 0 Å². The molecule has 2 fully saturated rings. The monoisotopic (exact) mass is 346 g/mol. The summed E-state index contributed by atoms with van der Waals surface area (Å²) in [6, 6.07) is 3.26. The minimum Gasteiger partial charge on any atom is -0.480 e. The second-order valence-corrected chi connectivity index (χ2v) is 7.14. The number of nitrogens with zero attached hydrogens (tertiary/aromatic N) is 3. The van der Waals surface area contributed by atoms with Crippen molar-refractivity contribution in [2.75, 3.05) is 38.1 Å². The van der Waals surface area contributed by atoms with Gasteiger partial charge in [0, 0.05) is 44.3 Å². The Morgan fingerprint density at radius 3 is 2.48 bits per heavy atom. The van der Waals surface area contributed by atoms with E-state index in [1.165, 1.54) is 5.69 Å². The first-order valence-electron chi connectivity index (χ1n) is 8.86. The molecule has 2 aliphatic rings. The Hall–Kier alpha value is -2.15. The molecule has 2 aliphatic heterocycles. The van der Waals surface area contributed by atoms with Crippen LogP contribution in [0.2, 0.25) is 0 Å². The molecule has 2 saturated heterocycles. The second kappa shape index (κ2) is 7.39. The summed E-state index contributed by atoms with van der Waals surface area (Å²) >= 11 is 0. The maximum atomic E-state index is 12.4. The highest BCUT2D eigenvalue weighted by atomic mass is 16.4. The van der Waals surface area contributed by atoms with Crippen LogP contribution in [-0.2, 0) is 9.59 Å². The number of piperidine rings is 1. The molecular formula is C18H26N4O3. The van der Waals surface area contributed by atoms with Gasteiger partial charge in [0.05, 0.1) is 6.42 Å². The minimum absolute atomic E-state index is 0.0189. The Labute approximate surface area is 148 Å². The van der Waals surface area contributed by atoms with E-state index in [2.05, 4.69) is 15.2 Å². The second-order valence-electron chi connectivity index (χ2n) is 7.14. The zero-order valence-corrected chi connectivity index (χ0v) is 14.6. The summed E-state index contributed by atoms with van der Waals surface area (Å²) in [6.45, 7) is 3.47. The van der Waals surface area contributed by atoms with E-state index in [1.807, 2.05) is 29.4 Å². The van der Waals surface area contributed by atoms with Crippen LogP contribution in [0.4, 0.5) is 5.69 Å². The van der Waals surface area contributed by atoms with Gasteiger partial charge in [-0.2, -0.15) is 0 Å². The summed E-state index contributed by atoms with van der Waals surface area (Å²) in [4.78, 5) is 31.8. The number of carbonyl (C=O) groups excluding carboxylic acids is 1. The third-order valence-corrected chi connectivity index (χ3v) is 5.67. The molecule has 25 heavy (non-hydrogen) atoms. The van der Waals surface area contributed by atoms with Gasteiger partial charge in [-0.3, -0.25) is 14.6 Å². The summed E-state index contributed by atoms with van der Waals surface area (Å²) in [5, 5.41) is 11.8. The summed E-state index contributed by atoms with van der Waals surface area (Å²) in [5.41, 5.74) is 1.39. The van der Waals surface area contributed by atoms with E-state index in [9.17, 15) is 9.59 Å². The van der Waals surface area contributed by atoms with Gasteiger partial charge in [-0.25, -0.2) is 0 Å². The molecule has 3 rings (SSSR count). The van der Waals surface area contributed by atoms with E-state index >= 15 is 0 Å². The van der Waals surface area contributed by atoms with Crippen molar-refractivity contribution in [3.8, 4) is 0 Å². The standard InChI is InChI=1S/C18H26N4O3/c1-19-15(17(24)25)12-16(23)22-11-6-18(13-22)4-9-21(10-5-18)14-2-7-20-8-3-14/h2-3,7-8,15,19H,4-6,9-13H2,1H3,(H,24,25). The molecular weight excluding hydrogens is 320 g/mol. The lowest BCUT2D eigenvalue weighted by Crippen LogP contribution is -2.44. The number of amides is 1. The largest absolute Gasteiger partial charge is 0.480 e. The predicted molar refractivity (Wildman–Crippen MR) is 94.4 cm³/mol. The molecule has 7 heteroatoms. The van der Waals surface area contributed by atoms with Crippen LogP contribution >= 0.6 is 0 Å². The number of aliphatic carboxylic acids is 1. The maximum absolute atomic E-state index is 12.4. The van der Waals surface area contributed by atoms with Gasteiger partial charge in [0.2, 0.25) is 5.91 Å². The summed E-state index contributed by atoms with van der Waals surface area (Å²) in [5.74, 6) is -1.04. The average molecular weight is 346 g/mol. The van der Waals surface area contributed by atoms with Crippen molar-refractivity contribution in [2.45, 2.75) is 31.7 Å². The molecule has 1 aromatic heterocycles. The van der Waals surface area contributed by atoms with Crippen molar-refractivity contribution in [1.29, 1.82) is 0 Å². The highest BCUT2D eigenvalue weighted by Crippen LogP contribution is 2.41. The number of rotatable bonds is 5. The fraction of sp³-hybridized carbons (Fsp3) is 0.611. The first kappa shape index (κ1) is 17.7. The third kappa shape index (κ3) is 3.92. The molecule has 0 saturated carbocycles. The van der Waals surface area contributed by atoms with E-state index in [0.29, 0.717) is 0 Å². The van der Waals surface area contributed by atoms with E-state index in [-0.39, 0.29) is 17.7 Å². The van der Waals surface area contributed by atoms with Gasteiger partial charge in [0.1, 0.15) is 6.04 Å². The van der Waals surface area contributed by atoms with Gasteiger partial charge >= 0.3 is 5.97 Å². The minimum atomic E-state index is -0.976. The van der Waals surface area contributed by atoms with Crippen LogP contribution in [0, 0.1) is 5.41 Å². The predicted octanol–water partition coefficient (Wildman–Crippen LogP) is 0.963. The number of carboxylic acids is 1. The lowest BCUT2D eigenvalue weighted by Gasteiger charge is -2.40. The van der Waals surface area contributed by atoms with Crippen molar-refractivity contribution < 1.29 is 14.7 Å². The van der Waals surface area contributed by atoms with Crippen molar-refractivity contribution in [2.24, 2.45) is 5.41 Å². The fourth-order valence-corrected chi connectivity index (χ4v) is 3.97. The maximum Gasteiger partial charge on any atom is 0.321 e. The van der Waals surface area contributed by atoms with Crippen LogP contribution in [0.25, 0.3) is 0 Å². The van der Waals surface area contributed by atoms with Crippen LogP contribution < -0.4 is 10.2 Å². The molecule has 136 valence electrons. The zero-order valence-electron chi connectivity index (χ0n) is 14.6. The molecule has 0 radical (unpaired) electrons. The Morgan fingerprint density at radius 2 is 1.88 bits per heavy atom. The number of nitrogens with one attached hydrogen (secondary N) is 1.